The van der Waals surface area contributed by atoms with Gasteiger partial charge < -0.3 is 10.4 Å². The molecule has 0 spiro atoms. The number of thiophene rings is 1. The van der Waals surface area contributed by atoms with E-state index in [0.29, 0.717) is 16.0 Å². The summed E-state index contributed by atoms with van der Waals surface area (Å²) in [7, 11) is -2.99. The highest BCUT2D eigenvalue weighted by molar-refractivity contribution is 8.26. The maximum Gasteiger partial charge on any atom is 0.335 e. The van der Waals surface area contributed by atoms with E-state index in [1.165, 1.54) is 47.9 Å². The normalized spacial score (nSPS) is 16.7. The molecule has 1 aliphatic heterocycles. The molecule has 1 fully saturated rings. The van der Waals surface area contributed by atoms with Crippen molar-refractivity contribution in [3.8, 4) is 11.1 Å². The highest BCUT2D eigenvalue weighted by atomic mass is 32.2. The second kappa shape index (κ2) is 12.0. The molecule has 4 rings (SSSR count). The van der Waals surface area contributed by atoms with E-state index in [1.54, 1.807) is 17.5 Å². The molecular formula is C26H21F2N3O5S4. The van der Waals surface area contributed by atoms with Gasteiger partial charge in [-0.2, -0.15) is 0 Å². The number of thioether (sulfide) groups is 1. The number of rotatable bonds is 9. The maximum atomic E-state index is 13.7. The zero-order valence-corrected chi connectivity index (χ0v) is 23.9. The number of amides is 2. The highest BCUT2D eigenvalue weighted by Crippen LogP contribution is 2.37. The third-order valence-electron chi connectivity index (χ3n) is 5.76. The van der Waals surface area contributed by atoms with E-state index in [0.717, 1.165) is 28.8 Å². The van der Waals surface area contributed by atoms with Gasteiger partial charge in [0.05, 0.1) is 10.5 Å². The van der Waals surface area contributed by atoms with Crippen LogP contribution in [0.4, 0.5) is 14.5 Å². The molecule has 0 saturated carbocycles. The molecule has 0 bridgehead atoms. The first-order valence-electron chi connectivity index (χ1n) is 11.5. The number of thiocarbonyl (C=S) groups is 1. The standard InChI is InChI=1S/C26H21F2N3O5S4/c1-40(29,36)9-8-21(23(32)30-17-5-2-14(3-6-17)25(34)35)31-24(33)22(39-26(31)37)12-18-10-16(13-38-18)15-4-7-19(27)20(28)11-15/h2-7,10-13,21,29H,8-9H2,1H3,(H,30,32)(H,34,35)/b22-12-/t21-,40?/m0/s1. The number of carboxylic acid groups (broad SMARTS) is 1. The summed E-state index contributed by atoms with van der Waals surface area (Å²) in [6.07, 6.45) is 2.72. The Morgan fingerprint density at radius 2 is 1.85 bits per heavy atom. The average Bonchev–Trinajstić information content (AvgIpc) is 3.45. The van der Waals surface area contributed by atoms with Crippen molar-refractivity contribution in [2.24, 2.45) is 0 Å². The van der Waals surface area contributed by atoms with Gasteiger partial charge >= 0.3 is 5.97 Å². The lowest BCUT2D eigenvalue weighted by Gasteiger charge is -2.26. The molecule has 0 aliphatic carbocycles. The Morgan fingerprint density at radius 3 is 2.48 bits per heavy atom. The fraction of sp³-hybridized carbons (Fsp3) is 0.154. The predicted octanol–water partition coefficient (Wildman–Crippen LogP) is 5.67. The topological polar surface area (TPSA) is 128 Å². The zero-order chi connectivity index (χ0) is 29.2. The minimum Gasteiger partial charge on any atom is -0.478 e. The highest BCUT2D eigenvalue weighted by Gasteiger charge is 2.40. The molecule has 1 unspecified atom stereocenters. The molecule has 1 saturated heterocycles. The van der Waals surface area contributed by atoms with Crippen LogP contribution in [-0.4, -0.2) is 54.4 Å². The second-order valence-electron chi connectivity index (χ2n) is 8.80. The van der Waals surface area contributed by atoms with Gasteiger partial charge in [0.2, 0.25) is 5.91 Å². The first-order valence-corrected chi connectivity index (χ1v) is 15.7. The van der Waals surface area contributed by atoms with Crippen LogP contribution in [-0.2, 0) is 19.3 Å². The second-order valence-corrected chi connectivity index (χ2v) is 13.8. The number of carbonyl (C=O) groups is 3. The lowest BCUT2D eigenvalue weighted by Crippen LogP contribution is -2.47. The van der Waals surface area contributed by atoms with Gasteiger partial charge in [0.25, 0.3) is 5.91 Å². The molecule has 8 nitrogen and oxygen atoms in total. The van der Waals surface area contributed by atoms with Crippen molar-refractivity contribution in [3.05, 3.63) is 80.9 Å². The molecule has 2 amide bonds. The number of hydrogen-bond acceptors (Lipinski definition) is 8. The Kier molecular flexibility index (Phi) is 8.83. The first kappa shape index (κ1) is 29.5. The Morgan fingerprint density at radius 1 is 1.15 bits per heavy atom. The number of nitrogens with one attached hydrogen (secondary N) is 2. The third kappa shape index (κ3) is 6.99. The fourth-order valence-corrected chi connectivity index (χ4v) is 6.71. The van der Waals surface area contributed by atoms with Crippen LogP contribution in [0.25, 0.3) is 17.2 Å². The fourth-order valence-electron chi connectivity index (χ4n) is 3.77. The predicted molar refractivity (Wildman–Crippen MR) is 157 cm³/mol. The molecule has 208 valence electrons. The van der Waals surface area contributed by atoms with Crippen LogP contribution in [0.5, 0.6) is 0 Å². The number of nitrogens with zero attached hydrogens (tertiary/aromatic N) is 1. The largest absolute Gasteiger partial charge is 0.478 e. The summed E-state index contributed by atoms with van der Waals surface area (Å²) in [5, 5.41) is 13.4. The van der Waals surface area contributed by atoms with E-state index in [-0.39, 0.29) is 32.7 Å². The smallest absolute Gasteiger partial charge is 0.335 e. The molecular weight excluding hydrogens is 601 g/mol. The molecule has 3 aromatic rings. The number of anilines is 1. The number of carbonyl (C=O) groups excluding carboxylic acids is 2. The Balaban J connectivity index is 1.57. The van der Waals surface area contributed by atoms with Crippen molar-refractivity contribution in [1.82, 2.24) is 4.90 Å². The summed E-state index contributed by atoms with van der Waals surface area (Å²) in [6.45, 7) is 0. The molecule has 40 heavy (non-hydrogen) atoms. The van der Waals surface area contributed by atoms with Crippen LogP contribution in [0.3, 0.4) is 0 Å². The summed E-state index contributed by atoms with van der Waals surface area (Å²) in [6, 6.07) is 9.52. The molecule has 2 atom stereocenters. The summed E-state index contributed by atoms with van der Waals surface area (Å²) < 4.78 is 46.9. The van der Waals surface area contributed by atoms with E-state index in [4.69, 9.17) is 22.1 Å². The molecule has 2 aromatic carbocycles. The van der Waals surface area contributed by atoms with Gasteiger partial charge in [0.1, 0.15) is 10.4 Å². The van der Waals surface area contributed by atoms with Gasteiger partial charge in [0, 0.05) is 32.3 Å². The van der Waals surface area contributed by atoms with Gasteiger partial charge in [-0.3, -0.25) is 23.5 Å². The maximum absolute atomic E-state index is 13.7. The zero-order valence-electron chi connectivity index (χ0n) is 20.7. The van der Waals surface area contributed by atoms with Gasteiger partial charge in [-0.05, 0) is 71.5 Å². The van der Waals surface area contributed by atoms with Crippen LogP contribution in [0.1, 0.15) is 21.7 Å². The molecule has 0 radical (unpaired) electrons. The molecule has 2 heterocycles. The Labute approximate surface area is 242 Å². The van der Waals surface area contributed by atoms with Crippen molar-refractivity contribution in [2.45, 2.75) is 12.5 Å². The summed E-state index contributed by atoms with van der Waals surface area (Å²) in [4.78, 5) is 39.8. The monoisotopic (exact) mass is 621 g/mol. The lowest BCUT2D eigenvalue weighted by molar-refractivity contribution is -0.130. The van der Waals surface area contributed by atoms with Crippen molar-refractivity contribution in [3.63, 3.8) is 0 Å². The summed E-state index contributed by atoms with van der Waals surface area (Å²) in [5.74, 6) is -4.41. The van der Waals surface area contributed by atoms with Crippen LogP contribution in [0.2, 0.25) is 0 Å². The number of halogens is 2. The van der Waals surface area contributed by atoms with Gasteiger partial charge in [-0.1, -0.05) is 30.0 Å². The van der Waals surface area contributed by atoms with E-state index in [2.05, 4.69) is 5.32 Å². The third-order valence-corrected chi connectivity index (χ3v) is 8.99. The minimum atomic E-state index is -2.99. The van der Waals surface area contributed by atoms with Crippen molar-refractivity contribution in [1.29, 1.82) is 4.78 Å². The van der Waals surface area contributed by atoms with Crippen LogP contribution >= 0.6 is 35.3 Å². The van der Waals surface area contributed by atoms with Gasteiger partial charge in [0.15, 0.2) is 11.6 Å². The minimum absolute atomic E-state index is 0.0258. The van der Waals surface area contributed by atoms with Crippen LogP contribution < -0.4 is 5.32 Å². The molecule has 1 aliphatic rings. The summed E-state index contributed by atoms with van der Waals surface area (Å²) in [5.41, 5.74) is 1.41. The summed E-state index contributed by atoms with van der Waals surface area (Å²) >= 11 is 7.68. The quantitative estimate of drug-likeness (QED) is 0.208. The number of benzene rings is 2. The van der Waals surface area contributed by atoms with Gasteiger partial charge in [-0.25, -0.2) is 13.6 Å². The van der Waals surface area contributed by atoms with E-state index in [1.807, 2.05) is 0 Å². The van der Waals surface area contributed by atoms with Crippen molar-refractivity contribution >= 4 is 78.9 Å². The number of carboxylic acids is 1. The average molecular weight is 622 g/mol. The number of aromatic carboxylic acids is 1. The van der Waals surface area contributed by atoms with Gasteiger partial charge in [-0.15, -0.1) is 11.3 Å². The van der Waals surface area contributed by atoms with E-state index >= 15 is 0 Å². The Hall–Kier alpha value is -3.46. The Bertz CT molecular complexity index is 1650. The van der Waals surface area contributed by atoms with E-state index < -0.39 is 45.2 Å². The SMILES string of the molecule is CS(=N)(=O)CC[C@@H](C(=O)Nc1ccc(C(=O)O)cc1)N1C(=O)/C(=C/c2cc(-c3ccc(F)c(F)c3)cs2)SC1=S. The first-order chi connectivity index (χ1) is 18.8. The number of hydrogen-bond donors (Lipinski definition) is 3. The molecule has 14 heteroatoms. The van der Waals surface area contributed by atoms with Crippen molar-refractivity contribution in [2.75, 3.05) is 17.3 Å². The van der Waals surface area contributed by atoms with E-state index in [9.17, 15) is 27.4 Å². The lowest BCUT2D eigenvalue weighted by atomic mass is 10.1. The van der Waals surface area contributed by atoms with Crippen LogP contribution in [0.15, 0.2) is 58.8 Å². The molecule has 3 N–H and O–H groups in total. The van der Waals surface area contributed by atoms with Crippen molar-refractivity contribution < 1.29 is 32.5 Å². The van der Waals surface area contributed by atoms with Crippen LogP contribution in [0, 0.1) is 16.4 Å². The molecule has 1 aromatic heterocycles.